The molecule has 150 valence electrons. The second-order valence-electron chi connectivity index (χ2n) is 6.66. The monoisotopic (exact) mass is 393 g/mol. The number of tetrazole rings is 1. The summed E-state index contributed by atoms with van der Waals surface area (Å²) in [7, 11) is 1.74. The van der Waals surface area contributed by atoms with Crippen molar-refractivity contribution in [3.8, 4) is 0 Å². The lowest BCUT2D eigenvalue weighted by Crippen LogP contribution is -2.31. The van der Waals surface area contributed by atoms with Crippen molar-refractivity contribution >= 4 is 23.2 Å². The molecule has 0 radical (unpaired) electrons. The van der Waals surface area contributed by atoms with E-state index in [1.165, 1.54) is 0 Å². The number of aryl methyl sites for hydroxylation is 2. The van der Waals surface area contributed by atoms with E-state index in [0.29, 0.717) is 22.8 Å². The van der Waals surface area contributed by atoms with Crippen molar-refractivity contribution < 1.29 is 9.59 Å². The first-order valence-electron chi connectivity index (χ1n) is 9.16. The normalized spacial score (nSPS) is 11.7. The van der Waals surface area contributed by atoms with Gasteiger partial charge in [-0.25, -0.2) is 4.68 Å². The van der Waals surface area contributed by atoms with Crippen molar-refractivity contribution in [2.45, 2.75) is 19.9 Å². The molecule has 3 N–H and O–H groups in total. The number of hydrogen-bond acceptors (Lipinski definition) is 6. The van der Waals surface area contributed by atoms with E-state index in [4.69, 9.17) is 0 Å². The molecule has 3 rings (SSSR count). The number of carbonyl (C=O) groups excluding carboxylic acids is 2. The Balaban J connectivity index is 1.61. The lowest BCUT2D eigenvalue weighted by atomic mass is 10.1. The first-order chi connectivity index (χ1) is 13.9. The minimum absolute atomic E-state index is 0.0773. The van der Waals surface area contributed by atoms with Gasteiger partial charge in [-0.15, -0.1) is 5.10 Å². The molecule has 9 nitrogen and oxygen atoms in total. The molecule has 0 bridgehead atoms. The highest BCUT2D eigenvalue weighted by molar-refractivity contribution is 6.05. The fraction of sp³-hybridized carbons (Fsp3) is 0.250. The van der Waals surface area contributed by atoms with Gasteiger partial charge in [0, 0.05) is 24.0 Å². The molecule has 2 amide bonds. The number of amides is 2. The number of nitrogens with one attached hydrogen (secondary N) is 3. The SMILES string of the molecule is Cc1ccc(C(=O)Nc2ccccc2)cc1NC(=O)CNC(C)c1nnnn1C. The van der Waals surface area contributed by atoms with Crippen LogP contribution >= 0.6 is 0 Å². The summed E-state index contributed by atoms with van der Waals surface area (Å²) >= 11 is 0. The molecule has 0 aliphatic rings. The van der Waals surface area contributed by atoms with E-state index in [2.05, 4.69) is 31.5 Å². The number of carbonyl (C=O) groups is 2. The maximum absolute atomic E-state index is 12.5. The van der Waals surface area contributed by atoms with E-state index in [1.54, 1.807) is 29.9 Å². The van der Waals surface area contributed by atoms with Gasteiger partial charge < -0.3 is 10.6 Å². The molecule has 9 heteroatoms. The van der Waals surface area contributed by atoms with Crippen molar-refractivity contribution in [2.24, 2.45) is 7.05 Å². The maximum atomic E-state index is 12.5. The fourth-order valence-corrected chi connectivity index (χ4v) is 2.76. The number of rotatable bonds is 7. The Kier molecular flexibility index (Phi) is 6.30. The highest BCUT2D eigenvalue weighted by Gasteiger charge is 2.14. The van der Waals surface area contributed by atoms with Crippen LogP contribution in [0.1, 0.15) is 34.7 Å². The zero-order valence-corrected chi connectivity index (χ0v) is 16.5. The topological polar surface area (TPSA) is 114 Å². The third kappa shape index (κ3) is 5.23. The molecule has 3 aromatic rings. The second kappa shape index (κ2) is 9.07. The highest BCUT2D eigenvalue weighted by atomic mass is 16.2. The summed E-state index contributed by atoms with van der Waals surface area (Å²) in [5, 5.41) is 20.0. The largest absolute Gasteiger partial charge is 0.325 e. The van der Waals surface area contributed by atoms with Crippen molar-refractivity contribution in [3.05, 3.63) is 65.5 Å². The molecule has 2 aromatic carbocycles. The summed E-state index contributed by atoms with van der Waals surface area (Å²) in [5.41, 5.74) is 2.62. The first kappa shape index (κ1) is 20.2. The zero-order chi connectivity index (χ0) is 20.8. The van der Waals surface area contributed by atoms with Crippen LogP contribution in [0.5, 0.6) is 0 Å². The van der Waals surface area contributed by atoms with Crippen LogP contribution in [0.2, 0.25) is 0 Å². The Labute approximate surface area is 168 Å². The zero-order valence-electron chi connectivity index (χ0n) is 16.5. The Morgan fingerprint density at radius 2 is 1.86 bits per heavy atom. The Morgan fingerprint density at radius 3 is 2.55 bits per heavy atom. The second-order valence-corrected chi connectivity index (χ2v) is 6.66. The summed E-state index contributed by atoms with van der Waals surface area (Å²) in [6.45, 7) is 3.82. The number of anilines is 2. The maximum Gasteiger partial charge on any atom is 0.255 e. The lowest BCUT2D eigenvalue weighted by Gasteiger charge is -2.14. The smallest absolute Gasteiger partial charge is 0.255 e. The van der Waals surface area contributed by atoms with E-state index in [-0.39, 0.29) is 24.4 Å². The van der Waals surface area contributed by atoms with E-state index in [1.807, 2.05) is 44.2 Å². The number of hydrogen-bond donors (Lipinski definition) is 3. The molecule has 1 unspecified atom stereocenters. The van der Waals surface area contributed by atoms with Gasteiger partial charge in [0.05, 0.1) is 12.6 Å². The summed E-state index contributed by atoms with van der Waals surface area (Å²) in [4.78, 5) is 24.8. The summed E-state index contributed by atoms with van der Waals surface area (Å²) in [6, 6.07) is 14.2. The lowest BCUT2D eigenvalue weighted by molar-refractivity contribution is -0.115. The summed E-state index contributed by atoms with van der Waals surface area (Å²) in [6.07, 6.45) is 0. The van der Waals surface area contributed by atoms with E-state index in [9.17, 15) is 9.59 Å². The molecule has 0 aliphatic carbocycles. The van der Waals surface area contributed by atoms with Gasteiger partial charge in [0.15, 0.2) is 5.82 Å². The standard InChI is InChI=1S/C20H23N7O2/c1-13-9-10-15(20(29)22-16-7-5-4-6-8-16)11-17(13)23-18(28)12-21-14(2)19-24-25-26-27(19)3/h4-11,14,21H,12H2,1-3H3,(H,22,29)(H,23,28). The van der Waals surface area contributed by atoms with Gasteiger partial charge in [-0.1, -0.05) is 24.3 Å². The number of nitrogens with zero attached hydrogens (tertiary/aromatic N) is 4. The van der Waals surface area contributed by atoms with Gasteiger partial charge in [-0.2, -0.15) is 0 Å². The fourth-order valence-electron chi connectivity index (χ4n) is 2.76. The molecular formula is C20H23N7O2. The Hall–Kier alpha value is -3.59. The van der Waals surface area contributed by atoms with Crippen molar-refractivity contribution in [2.75, 3.05) is 17.2 Å². The molecule has 1 atom stereocenters. The average Bonchev–Trinajstić information content (AvgIpc) is 3.14. The predicted octanol–water partition coefficient (Wildman–Crippen LogP) is 2.06. The third-order valence-electron chi connectivity index (χ3n) is 4.41. The predicted molar refractivity (Wildman–Crippen MR) is 109 cm³/mol. The number of benzene rings is 2. The molecule has 0 saturated carbocycles. The molecule has 0 spiro atoms. The van der Waals surface area contributed by atoms with Crippen LogP contribution in [0.3, 0.4) is 0 Å². The van der Waals surface area contributed by atoms with Gasteiger partial charge >= 0.3 is 0 Å². The van der Waals surface area contributed by atoms with Crippen LogP contribution in [0.4, 0.5) is 11.4 Å². The van der Waals surface area contributed by atoms with Gasteiger partial charge in [0.25, 0.3) is 5.91 Å². The van der Waals surface area contributed by atoms with Crippen molar-refractivity contribution in [1.29, 1.82) is 0 Å². The third-order valence-corrected chi connectivity index (χ3v) is 4.41. The van der Waals surface area contributed by atoms with E-state index < -0.39 is 0 Å². The Bertz CT molecular complexity index is 1000. The highest BCUT2D eigenvalue weighted by Crippen LogP contribution is 2.18. The van der Waals surface area contributed by atoms with Crippen LogP contribution in [-0.4, -0.2) is 38.6 Å². The van der Waals surface area contributed by atoms with Crippen LogP contribution in [0.15, 0.2) is 48.5 Å². The van der Waals surface area contributed by atoms with Crippen LogP contribution < -0.4 is 16.0 Å². The van der Waals surface area contributed by atoms with Gasteiger partial charge in [0.2, 0.25) is 5.91 Å². The van der Waals surface area contributed by atoms with Crippen molar-refractivity contribution in [1.82, 2.24) is 25.5 Å². The Morgan fingerprint density at radius 1 is 1.10 bits per heavy atom. The van der Waals surface area contributed by atoms with Crippen molar-refractivity contribution in [3.63, 3.8) is 0 Å². The van der Waals surface area contributed by atoms with Gasteiger partial charge in [0.1, 0.15) is 0 Å². The number of aromatic nitrogens is 4. The average molecular weight is 393 g/mol. The first-order valence-corrected chi connectivity index (χ1v) is 9.16. The molecular weight excluding hydrogens is 370 g/mol. The minimum atomic E-state index is -0.242. The molecule has 0 fully saturated rings. The van der Waals surface area contributed by atoms with E-state index >= 15 is 0 Å². The molecule has 1 heterocycles. The minimum Gasteiger partial charge on any atom is -0.325 e. The van der Waals surface area contributed by atoms with Gasteiger partial charge in [-0.3, -0.25) is 14.9 Å². The summed E-state index contributed by atoms with van der Waals surface area (Å²) < 4.78 is 1.55. The number of para-hydroxylation sites is 1. The molecule has 0 saturated heterocycles. The summed E-state index contributed by atoms with van der Waals surface area (Å²) in [5.74, 6) is 0.164. The molecule has 0 aliphatic heterocycles. The molecule has 1 aromatic heterocycles. The van der Waals surface area contributed by atoms with Gasteiger partial charge in [-0.05, 0) is 54.1 Å². The van der Waals surface area contributed by atoms with E-state index in [0.717, 1.165) is 5.56 Å². The van der Waals surface area contributed by atoms with Crippen LogP contribution in [0.25, 0.3) is 0 Å². The quantitative estimate of drug-likeness (QED) is 0.566. The van der Waals surface area contributed by atoms with Crippen LogP contribution in [0, 0.1) is 6.92 Å². The van der Waals surface area contributed by atoms with Crippen LogP contribution in [-0.2, 0) is 11.8 Å². The molecule has 29 heavy (non-hydrogen) atoms.